The van der Waals surface area contributed by atoms with Gasteiger partial charge in [0.05, 0.1) is 10.6 Å². The van der Waals surface area contributed by atoms with Gasteiger partial charge in [-0.15, -0.1) is 11.8 Å². The van der Waals surface area contributed by atoms with Gasteiger partial charge in [-0.05, 0) is 12.1 Å². The van der Waals surface area contributed by atoms with Gasteiger partial charge in [0.2, 0.25) is 6.43 Å². The highest BCUT2D eigenvalue weighted by Crippen LogP contribution is 2.28. The third-order valence-corrected chi connectivity index (χ3v) is 2.47. The van der Waals surface area contributed by atoms with Crippen LogP contribution < -0.4 is 5.73 Å². The van der Waals surface area contributed by atoms with Crippen LogP contribution >= 0.6 is 11.8 Å². The van der Waals surface area contributed by atoms with Crippen molar-refractivity contribution in [1.82, 2.24) is 0 Å². The molecule has 1 aromatic rings. The Balaban J connectivity index is 2.86. The topological polar surface area (TPSA) is 26.0 Å². The van der Waals surface area contributed by atoms with E-state index in [1.165, 1.54) is 0 Å². The molecule has 2 N–H and O–H groups in total. The fraction of sp³-hybridized carbons (Fsp3) is 0.250. The summed E-state index contributed by atoms with van der Waals surface area (Å²) in [5.41, 5.74) is 5.08. The predicted molar refractivity (Wildman–Crippen MR) is 47.5 cm³/mol. The zero-order chi connectivity index (χ0) is 10.7. The molecule has 14 heavy (non-hydrogen) atoms. The van der Waals surface area contributed by atoms with Crippen LogP contribution in [0.3, 0.4) is 0 Å². The van der Waals surface area contributed by atoms with Gasteiger partial charge in [-0.1, -0.05) is 0 Å². The lowest BCUT2D eigenvalue weighted by Gasteiger charge is -2.05. The third kappa shape index (κ3) is 2.80. The molecular weight excluding hydrogens is 218 g/mol. The van der Waals surface area contributed by atoms with Gasteiger partial charge in [0, 0.05) is 5.69 Å². The summed E-state index contributed by atoms with van der Waals surface area (Å²) in [6.45, 7) is 0. The Labute approximate surface area is 82.3 Å². The van der Waals surface area contributed by atoms with Gasteiger partial charge in [0.15, 0.2) is 0 Å². The molecule has 0 amide bonds. The summed E-state index contributed by atoms with van der Waals surface area (Å²) < 4.78 is 49.5. The zero-order valence-electron chi connectivity index (χ0n) is 6.94. The summed E-state index contributed by atoms with van der Waals surface area (Å²) in [7, 11) is 0. The highest BCUT2D eigenvalue weighted by atomic mass is 32.2. The van der Waals surface area contributed by atoms with Crippen molar-refractivity contribution in [2.75, 3.05) is 11.5 Å². The van der Waals surface area contributed by atoms with Crippen LogP contribution in [0.15, 0.2) is 17.0 Å². The minimum Gasteiger partial charge on any atom is -0.399 e. The van der Waals surface area contributed by atoms with Gasteiger partial charge >= 0.3 is 0 Å². The fourth-order valence-electron chi connectivity index (χ4n) is 0.864. The summed E-state index contributed by atoms with van der Waals surface area (Å²) in [6.07, 6.45) is -2.60. The second-order valence-electron chi connectivity index (χ2n) is 2.52. The standard InChI is InChI=1S/C8H7F4NS/c9-5-1-4(13)2-6(10)8(5)14-3-7(11)12/h1-2,7H,3,13H2. The molecule has 0 radical (unpaired) electrons. The first-order chi connectivity index (χ1) is 6.50. The number of hydrogen-bond donors (Lipinski definition) is 1. The highest BCUT2D eigenvalue weighted by molar-refractivity contribution is 7.99. The van der Waals surface area contributed by atoms with Gasteiger partial charge < -0.3 is 5.73 Å². The number of anilines is 1. The van der Waals surface area contributed by atoms with Crippen LogP contribution in [0.4, 0.5) is 23.2 Å². The van der Waals surface area contributed by atoms with Crippen LogP contribution in [0.5, 0.6) is 0 Å². The molecule has 0 saturated heterocycles. The van der Waals surface area contributed by atoms with Crippen molar-refractivity contribution < 1.29 is 17.6 Å². The lowest BCUT2D eigenvalue weighted by molar-refractivity contribution is 0.177. The molecular formula is C8H7F4NS. The second kappa shape index (κ2) is 4.54. The Morgan fingerprint density at radius 1 is 1.21 bits per heavy atom. The maximum absolute atomic E-state index is 13.0. The van der Waals surface area contributed by atoms with E-state index in [2.05, 4.69) is 0 Å². The SMILES string of the molecule is Nc1cc(F)c(SCC(F)F)c(F)c1. The van der Waals surface area contributed by atoms with Crippen LogP contribution in [-0.4, -0.2) is 12.2 Å². The number of alkyl halides is 2. The van der Waals surface area contributed by atoms with Crippen LogP contribution in [0.2, 0.25) is 0 Å². The molecule has 0 aliphatic rings. The second-order valence-corrected chi connectivity index (χ2v) is 3.55. The van der Waals surface area contributed by atoms with E-state index in [1.807, 2.05) is 0 Å². The smallest absolute Gasteiger partial charge is 0.247 e. The first-order valence-corrected chi connectivity index (χ1v) is 4.64. The summed E-state index contributed by atoms with van der Waals surface area (Å²) >= 11 is 0.435. The molecule has 0 aromatic heterocycles. The molecule has 0 aliphatic heterocycles. The molecule has 1 rings (SSSR count). The molecule has 0 fully saturated rings. The van der Waals surface area contributed by atoms with Crippen molar-refractivity contribution in [1.29, 1.82) is 0 Å². The summed E-state index contributed by atoms with van der Waals surface area (Å²) in [5.74, 6) is -2.46. The van der Waals surface area contributed by atoms with E-state index < -0.39 is 28.7 Å². The van der Waals surface area contributed by atoms with E-state index >= 15 is 0 Å². The molecule has 0 unspecified atom stereocenters. The molecule has 0 spiro atoms. The Kier molecular flexibility index (Phi) is 3.62. The molecule has 6 heteroatoms. The normalized spacial score (nSPS) is 10.9. The predicted octanol–water partition coefficient (Wildman–Crippen LogP) is 2.90. The van der Waals surface area contributed by atoms with E-state index in [4.69, 9.17) is 5.73 Å². The van der Waals surface area contributed by atoms with Crippen LogP contribution in [-0.2, 0) is 0 Å². The van der Waals surface area contributed by atoms with E-state index in [9.17, 15) is 17.6 Å². The average molecular weight is 225 g/mol. The van der Waals surface area contributed by atoms with Crippen molar-refractivity contribution in [3.8, 4) is 0 Å². The van der Waals surface area contributed by atoms with Crippen LogP contribution in [0, 0.1) is 11.6 Å². The van der Waals surface area contributed by atoms with Gasteiger partial charge in [0.1, 0.15) is 11.6 Å². The molecule has 78 valence electrons. The minimum absolute atomic E-state index is 0.0682. The largest absolute Gasteiger partial charge is 0.399 e. The number of thioether (sulfide) groups is 1. The maximum atomic E-state index is 13.0. The van der Waals surface area contributed by atoms with Crippen LogP contribution in [0.1, 0.15) is 0 Å². The Morgan fingerprint density at radius 3 is 2.14 bits per heavy atom. The Hall–Kier alpha value is -0.910. The van der Waals surface area contributed by atoms with Crippen LogP contribution in [0.25, 0.3) is 0 Å². The lowest BCUT2D eigenvalue weighted by atomic mass is 10.3. The van der Waals surface area contributed by atoms with Gasteiger partial charge in [-0.25, -0.2) is 17.6 Å². The minimum atomic E-state index is -2.60. The quantitative estimate of drug-likeness (QED) is 0.486. The average Bonchev–Trinajstić information content (AvgIpc) is 2.01. The van der Waals surface area contributed by atoms with E-state index in [0.29, 0.717) is 11.8 Å². The zero-order valence-corrected chi connectivity index (χ0v) is 7.75. The fourth-order valence-corrected chi connectivity index (χ4v) is 1.55. The monoisotopic (exact) mass is 225 g/mol. The number of nitrogens with two attached hydrogens (primary N) is 1. The molecule has 1 nitrogen and oxygen atoms in total. The molecule has 0 atom stereocenters. The Morgan fingerprint density at radius 2 is 1.71 bits per heavy atom. The first-order valence-electron chi connectivity index (χ1n) is 3.66. The van der Waals surface area contributed by atoms with Gasteiger partial charge in [0.25, 0.3) is 0 Å². The van der Waals surface area contributed by atoms with Crippen molar-refractivity contribution in [2.45, 2.75) is 11.3 Å². The number of hydrogen-bond acceptors (Lipinski definition) is 2. The Bertz CT molecular complexity index is 306. The molecule has 1 aromatic carbocycles. The number of rotatable bonds is 3. The van der Waals surface area contributed by atoms with Gasteiger partial charge in [-0.3, -0.25) is 0 Å². The highest BCUT2D eigenvalue weighted by Gasteiger charge is 2.13. The van der Waals surface area contributed by atoms with Crippen molar-refractivity contribution >= 4 is 17.4 Å². The van der Waals surface area contributed by atoms with Crippen molar-refractivity contribution in [2.24, 2.45) is 0 Å². The van der Waals surface area contributed by atoms with E-state index in [1.54, 1.807) is 0 Å². The van der Waals surface area contributed by atoms with Gasteiger partial charge in [-0.2, -0.15) is 0 Å². The number of halogens is 4. The molecule has 0 aliphatic carbocycles. The van der Waals surface area contributed by atoms with Crippen molar-refractivity contribution in [3.05, 3.63) is 23.8 Å². The summed E-state index contributed by atoms with van der Waals surface area (Å²) in [4.78, 5) is -0.417. The molecule has 0 saturated carbocycles. The number of nitrogen functional groups attached to an aromatic ring is 1. The summed E-state index contributed by atoms with van der Waals surface area (Å²) in [5, 5.41) is 0. The summed E-state index contributed by atoms with van der Waals surface area (Å²) in [6, 6.07) is 1.80. The lowest BCUT2D eigenvalue weighted by Crippen LogP contribution is -1.98. The molecule has 0 heterocycles. The molecule has 0 bridgehead atoms. The third-order valence-electron chi connectivity index (χ3n) is 1.37. The first kappa shape index (κ1) is 11.2. The maximum Gasteiger partial charge on any atom is 0.247 e. The number of benzene rings is 1. The van der Waals surface area contributed by atoms with E-state index in [-0.39, 0.29) is 5.69 Å². The van der Waals surface area contributed by atoms with Crippen molar-refractivity contribution in [3.63, 3.8) is 0 Å². The van der Waals surface area contributed by atoms with E-state index in [0.717, 1.165) is 12.1 Å².